The Hall–Kier alpha value is -2.56. The van der Waals surface area contributed by atoms with Gasteiger partial charge in [-0.15, -0.1) is 0 Å². The predicted molar refractivity (Wildman–Crippen MR) is 71.7 cm³/mol. The van der Waals surface area contributed by atoms with Gasteiger partial charge in [-0.3, -0.25) is 20.4 Å². The van der Waals surface area contributed by atoms with Gasteiger partial charge in [0.25, 0.3) is 5.91 Å². The van der Waals surface area contributed by atoms with Crippen molar-refractivity contribution in [3.05, 3.63) is 54.4 Å². The largest absolute Gasteiger partial charge is 0.323 e. The zero-order valence-electron chi connectivity index (χ0n) is 10.6. The van der Waals surface area contributed by atoms with Crippen molar-refractivity contribution >= 4 is 11.8 Å². The third kappa shape index (κ3) is 3.01. The maximum absolute atomic E-state index is 12.0. The number of benzene rings is 1. The molecular formula is C14H15N3O2. The summed E-state index contributed by atoms with van der Waals surface area (Å²) in [6, 6.07) is 11.0. The van der Waals surface area contributed by atoms with E-state index in [1.165, 1.54) is 0 Å². The Morgan fingerprint density at radius 3 is 2.42 bits per heavy atom. The number of aromatic nitrogens is 1. The van der Waals surface area contributed by atoms with Crippen LogP contribution in [0, 0.1) is 0 Å². The van der Waals surface area contributed by atoms with Crippen molar-refractivity contribution in [3.63, 3.8) is 0 Å². The number of hydrazine groups is 1. The summed E-state index contributed by atoms with van der Waals surface area (Å²) in [6.07, 6.45) is 4.03. The highest BCUT2D eigenvalue weighted by molar-refractivity contribution is 5.98. The van der Waals surface area contributed by atoms with Gasteiger partial charge in [0, 0.05) is 18.8 Å². The summed E-state index contributed by atoms with van der Waals surface area (Å²) in [7, 11) is 0. The number of hydrogen-bond donors (Lipinski definition) is 2. The van der Waals surface area contributed by atoms with Crippen LogP contribution >= 0.6 is 0 Å². The van der Waals surface area contributed by atoms with Gasteiger partial charge in [0.1, 0.15) is 0 Å². The molecule has 2 rings (SSSR count). The van der Waals surface area contributed by atoms with Crippen LogP contribution in [0.3, 0.4) is 0 Å². The van der Waals surface area contributed by atoms with Crippen molar-refractivity contribution in [1.82, 2.24) is 15.4 Å². The molecule has 0 aliphatic rings. The third-order valence-corrected chi connectivity index (χ3v) is 2.67. The van der Waals surface area contributed by atoms with Crippen molar-refractivity contribution in [3.8, 4) is 5.69 Å². The Balaban J connectivity index is 2.20. The van der Waals surface area contributed by atoms with Gasteiger partial charge in [0.05, 0.1) is 11.3 Å². The van der Waals surface area contributed by atoms with E-state index in [9.17, 15) is 9.59 Å². The van der Waals surface area contributed by atoms with E-state index in [4.69, 9.17) is 0 Å². The van der Waals surface area contributed by atoms with E-state index in [2.05, 4.69) is 10.9 Å². The van der Waals surface area contributed by atoms with E-state index in [0.29, 0.717) is 12.0 Å². The van der Waals surface area contributed by atoms with Gasteiger partial charge in [0.15, 0.2) is 0 Å². The van der Waals surface area contributed by atoms with E-state index in [0.717, 1.165) is 5.69 Å². The molecule has 0 aliphatic carbocycles. The zero-order valence-corrected chi connectivity index (χ0v) is 10.6. The van der Waals surface area contributed by atoms with Crippen molar-refractivity contribution in [2.75, 3.05) is 0 Å². The highest BCUT2D eigenvalue weighted by Crippen LogP contribution is 2.14. The smallest absolute Gasteiger partial charge is 0.271 e. The Morgan fingerprint density at radius 2 is 1.74 bits per heavy atom. The molecule has 5 heteroatoms. The number of carbonyl (C=O) groups is 2. The molecule has 5 nitrogen and oxygen atoms in total. The second kappa shape index (κ2) is 5.86. The van der Waals surface area contributed by atoms with E-state index in [1.54, 1.807) is 19.1 Å². The minimum Gasteiger partial charge on any atom is -0.323 e. The average molecular weight is 257 g/mol. The summed E-state index contributed by atoms with van der Waals surface area (Å²) in [5.74, 6) is -0.571. The molecule has 1 heterocycles. The van der Waals surface area contributed by atoms with E-state index in [-0.39, 0.29) is 11.8 Å². The molecule has 2 amide bonds. The van der Waals surface area contributed by atoms with Crippen LogP contribution < -0.4 is 10.9 Å². The second-order valence-electron chi connectivity index (χ2n) is 3.96. The Labute approximate surface area is 111 Å². The van der Waals surface area contributed by atoms with Crippen LogP contribution in [0.15, 0.2) is 48.8 Å². The van der Waals surface area contributed by atoms with E-state index in [1.807, 2.05) is 41.2 Å². The molecule has 2 N–H and O–H groups in total. The number of amides is 2. The number of nitrogens with one attached hydrogen (secondary N) is 2. The minimum absolute atomic E-state index is 0.230. The number of carbonyl (C=O) groups excluding carboxylic acids is 2. The summed E-state index contributed by atoms with van der Waals surface area (Å²) in [5, 5.41) is 0. The standard InChI is InChI=1S/C14H15N3O2/c1-2-13(18)15-16-14(19)11-7-3-4-8-12(11)17-9-5-6-10-17/h3-10H,2H2,1H3,(H,15,18)(H,16,19). The number of rotatable bonds is 3. The van der Waals surface area contributed by atoms with Crippen molar-refractivity contribution < 1.29 is 9.59 Å². The fourth-order valence-electron chi connectivity index (χ4n) is 1.67. The highest BCUT2D eigenvalue weighted by Gasteiger charge is 2.11. The lowest BCUT2D eigenvalue weighted by Gasteiger charge is -2.11. The molecule has 0 atom stereocenters. The number of hydrogen-bond acceptors (Lipinski definition) is 2. The van der Waals surface area contributed by atoms with Gasteiger partial charge in [-0.25, -0.2) is 0 Å². The first-order chi connectivity index (χ1) is 9.22. The summed E-state index contributed by atoms with van der Waals surface area (Å²) in [4.78, 5) is 23.2. The molecule has 0 radical (unpaired) electrons. The van der Waals surface area contributed by atoms with Crippen LogP contribution in [0.1, 0.15) is 23.7 Å². The van der Waals surface area contributed by atoms with Gasteiger partial charge in [0.2, 0.25) is 5.91 Å². The monoisotopic (exact) mass is 257 g/mol. The van der Waals surface area contributed by atoms with Crippen molar-refractivity contribution in [1.29, 1.82) is 0 Å². The zero-order chi connectivity index (χ0) is 13.7. The fraction of sp³-hybridized carbons (Fsp3) is 0.143. The molecular weight excluding hydrogens is 242 g/mol. The molecule has 0 saturated carbocycles. The Morgan fingerprint density at radius 1 is 1.05 bits per heavy atom. The first kappa shape index (κ1) is 12.9. The maximum atomic E-state index is 12.0. The normalized spacial score (nSPS) is 9.95. The van der Waals surface area contributed by atoms with Crippen LogP contribution in [-0.2, 0) is 4.79 Å². The Bertz CT molecular complexity index is 576. The molecule has 19 heavy (non-hydrogen) atoms. The summed E-state index contributed by atoms with van der Waals surface area (Å²) < 4.78 is 1.84. The molecule has 0 saturated heterocycles. The molecule has 0 unspecified atom stereocenters. The molecule has 1 aromatic carbocycles. The van der Waals surface area contributed by atoms with Crippen LogP contribution in [0.25, 0.3) is 5.69 Å². The van der Waals surface area contributed by atoms with Crippen LogP contribution in [0.4, 0.5) is 0 Å². The van der Waals surface area contributed by atoms with Crippen LogP contribution in [0.5, 0.6) is 0 Å². The second-order valence-corrected chi connectivity index (χ2v) is 3.96. The van der Waals surface area contributed by atoms with Gasteiger partial charge < -0.3 is 4.57 Å². The first-order valence-corrected chi connectivity index (χ1v) is 6.04. The molecule has 98 valence electrons. The summed E-state index contributed by atoms with van der Waals surface area (Å²) in [5.41, 5.74) is 6.01. The Kier molecular flexibility index (Phi) is 3.97. The number of nitrogens with zero attached hydrogens (tertiary/aromatic N) is 1. The van der Waals surface area contributed by atoms with Gasteiger partial charge in [-0.2, -0.15) is 0 Å². The molecule has 0 aliphatic heterocycles. The first-order valence-electron chi connectivity index (χ1n) is 6.04. The molecule has 0 bridgehead atoms. The summed E-state index contributed by atoms with van der Waals surface area (Å²) >= 11 is 0. The molecule has 0 spiro atoms. The van der Waals surface area contributed by atoms with Crippen molar-refractivity contribution in [2.24, 2.45) is 0 Å². The van der Waals surface area contributed by atoms with Crippen LogP contribution in [0.2, 0.25) is 0 Å². The van der Waals surface area contributed by atoms with Crippen molar-refractivity contribution in [2.45, 2.75) is 13.3 Å². The highest BCUT2D eigenvalue weighted by atomic mass is 16.2. The maximum Gasteiger partial charge on any atom is 0.271 e. The lowest BCUT2D eigenvalue weighted by Crippen LogP contribution is -2.41. The van der Waals surface area contributed by atoms with E-state index >= 15 is 0 Å². The number of para-hydroxylation sites is 1. The fourth-order valence-corrected chi connectivity index (χ4v) is 1.67. The third-order valence-electron chi connectivity index (χ3n) is 2.67. The lowest BCUT2D eigenvalue weighted by atomic mass is 10.1. The van der Waals surface area contributed by atoms with Crippen LogP contribution in [-0.4, -0.2) is 16.4 Å². The topological polar surface area (TPSA) is 63.1 Å². The molecule has 2 aromatic rings. The molecule has 1 aromatic heterocycles. The average Bonchev–Trinajstić information content (AvgIpc) is 2.98. The minimum atomic E-state index is -0.342. The van der Waals surface area contributed by atoms with Gasteiger partial charge in [-0.1, -0.05) is 19.1 Å². The molecule has 0 fully saturated rings. The predicted octanol–water partition coefficient (Wildman–Crippen LogP) is 1.65. The SMILES string of the molecule is CCC(=O)NNC(=O)c1ccccc1-n1cccc1. The van der Waals surface area contributed by atoms with Gasteiger partial charge >= 0.3 is 0 Å². The van der Waals surface area contributed by atoms with Gasteiger partial charge in [-0.05, 0) is 24.3 Å². The quantitative estimate of drug-likeness (QED) is 0.821. The summed E-state index contributed by atoms with van der Waals surface area (Å²) in [6.45, 7) is 1.72. The lowest BCUT2D eigenvalue weighted by molar-refractivity contribution is -0.121. The van der Waals surface area contributed by atoms with E-state index < -0.39 is 0 Å².